The average molecular weight is 377 g/mol. The number of nitrogens with one attached hydrogen (secondary N) is 2. The van der Waals surface area contributed by atoms with E-state index in [1.807, 2.05) is 0 Å². The molecule has 0 spiro atoms. The second-order valence-corrected chi connectivity index (χ2v) is 5.77. The molecule has 1 amide bonds. The van der Waals surface area contributed by atoms with E-state index in [9.17, 15) is 18.0 Å². The predicted octanol–water partition coefficient (Wildman–Crippen LogP) is 4.74. The maximum absolute atomic E-state index is 13.0. The van der Waals surface area contributed by atoms with Crippen molar-refractivity contribution in [2.75, 3.05) is 11.9 Å². The van der Waals surface area contributed by atoms with Gasteiger partial charge in [0.15, 0.2) is 0 Å². The van der Waals surface area contributed by atoms with Crippen LogP contribution in [0.1, 0.15) is 11.1 Å². The SMILES string of the molecule is O=C(CNCc1ccccc1Cl)Nc1ccc(Cl)cc1C(F)(F)F. The summed E-state index contributed by atoms with van der Waals surface area (Å²) in [6, 6.07) is 10.2. The molecular formula is C16H13Cl2F3N2O. The van der Waals surface area contributed by atoms with Crippen molar-refractivity contribution in [2.24, 2.45) is 0 Å². The lowest BCUT2D eigenvalue weighted by Crippen LogP contribution is -2.28. The molecule has 128 valence electrons. The minimum absolute atomic E-state index is 0.0582. The van der Waals surface area contributed by atoms with Gasteiger partial charge in [-0.05, 0) is 29.8 Å². The van der Waals surface area contributed by atoms with E-state index in [4.69, 9.17) is 23.2 Å². The molecule has 8 heteroatoms. The smallest absolute Gasteiger partial charge is 0.324 e. The van der Waals surface area contributed by atoms with Gasteiger partial charge in [-0.3, -0.25) is 4.79 Å². The topological polar surface area (TPSA) is 41.1 Å². The van der Waals surface area contributed by atoms with Crippen LogP contribution in [0.25, 0.3) is 0 Å². The summed E-state index contributed by atoms with van der Waals surface area (Å²) in [4.78, 5) is 11.8. The second kappa shape index (κ2) is 7.88. The predicted molar refractivity (Wildman–Crippen MR) is 88.2 cm³/mol. The van der Waals surface area contributed by atoms with E-state index >= 15 is 0 Å². The normalized spacial score (nSPS) is 11.4. The zero-order chi connectivity index (χ0) is 17.7. The molecule has 0 atom stereocenters. The lowest BCUT2D eigenvalue weighted by molar-refractivity contribution is -0.137. The van der Waals surface area contributed by atoms with Crippen LogP contribution >= 0.6 is 23.2 Å². The first-order chi connectivity index (χ1) is 11.3. The van der Waals surface area contributed by atoms with E-state index in [1.54, 1.807) is 24.3 Å². The van der Waals surface area contributed by atoms with Crippen molar-refractivity contribution in [2.45, 2.75) is 12.7 Å². The Balaban J connectivity index is 1.97. The summed E-state index contributed by atoms with van der Waals surface area (Å²) in [5.41, 5.74) is -0.541. The lowest BCUT2D eigenvalue weighted by atomic mass is 10.1. The zero-order valence-electron chi connectivity index (χ0n) is 12.3. The molecule has 0 unspecified atom stereocenters. The average Bonchev–Trinajstić information content (AvgIpc) is 2.50. The Hall–Kier alpha value is -1.76. The third-order valence-corrected chi connectivity index (χ3v) is 3.72. The quantitative estimate of drug-likeness (QED) is 0.790. The third-order valence-electron chi connectivity index (χ3n) is 3.12. The van der Waals surface area contributed by atoms with Gasteiger partial charge in [-0.2, -0.15) is 13.2 Å². The van der Waals surface area contributed by atoms with E-state index in [0.717, 1.165) is 17.7 Å². The van der Waals surface area contributed by atoms with Crippen LogP contribution in [0.5, 0.6) is 0 Å². The maximum Gasteiger partial charge on any atom is 0.418 e. The first-order valence-electron chi connectivity index (χ1n) is 6.88. The molecule has 0 radical (unpaired) electrons. The number of carbonyl (C=O) groups excluding carboxylic acids is 1. The van der Waals surface area contributed by atoms with E-state index in [-0.39, 0.29) is 17.3 Å². The molecular weight excluding hydrogens is 364 g/mol. The number of hydrogen-bond acceptors (Lipinski definition) is 2. The number of anilines is 1. The van der Waals surface area contributed by atoms with Gasteiger partial charge in [-0.25, -0.2) is 0 Å². The second-order valence-electron chi connectivity index (χ2n) is 4.93. The minimum Gasteiger partial charge on any atom is -0.324 e. The van der Waals surface area contributed by atoms with Gasteiger partial charge in [-0.15, -0.1) is 0 Å². The zero-order valence-corrected chi connectivity index (χ0v) is 13.8. The highest BCUT2D eigenvalue weighted by atomic mass is 35.5. The first kappa shape index (κ1) is 18.6. The molecule has 0 bridgehead atoms. The van der Waals surface area contributed by atoms with E-state index in [0.29, 0.717) is 11.6 Å². The van der Waals surface area contributed by atoms with Gasteiger partial charge in [0, 0.05) is 16.6 Å². The third kappa shape index (κ3) is 5.12. The maximum atomic E-state index is 13.0. The van der Waals surface area contributed by atoms with E-state index in [1.165, 1.54) is 6.07 Å². The van der Waals surface area contributed by atoms with Crippen LogP contribution < -0.4 is 10.6 Å². The van der Waals surface area contributed by atoms with Gasteiger partial charge < -0.3 is 10.6 Å². The van der Waals surface area contributed by atoms with Gasteiger partial charge in [0.25, 0.3) is 0 Å². The molecule has 0 aliphatic rings. The molecule has 0 aromatic heterocycles. The molecule has 0 heterocycles. The Morgan fingerprint density at radius 3 is 2.46 bits per heavy atom. The molecule has 2 rings (SSSR count). The van der Waals surface area contributed by atoms with Crippen molar-refractivity contribution < 1.29 is 18.0 Å². The molecule has 2 aromatic carbocycles. The standard InChI is InChI=1S/C16H13Cl2F3N2O/c17-11-5-6-14(12(7-11)16(19,20)21)23-15(24)9-22-8-10-3-1-2-4-13(10)18/h1-7,22H,8-9H2,(H,23,24). The van der Waals surface area contributed by atoms with Gasteiger partial charge in [0.2, 0.25) is 5.91 Å². The van der Waals surface area contributed by atoms with Crippen LogP contribution in [-0.2, 0) is 17.5 Å². The van der Waals surface area contributed by atoms with Crippen LogP contribution in [0.4, 0.5) is 18.9 Å². The molecule has 0 saturated carbocycles. The summed E-state index contributed by atoms with van der Waals surface area (Å²) in [6.45, 7) is 0.158. The molecule has 0 aliphatic carbocycles. The number of alkyl halides is 3. The molecule has 0 aliphatic heterocycles. The molecule has 2 N–H and O–H groups in total. The number of hydrogen-bond donors (Lipinski definition) is 2. The number of rotatable bonds is 5. The van der Waals surface area contributed by atoms with Crippen molar-refractivity contribution in [3.05, 3.63) is 63.6 Å². The number of halogens is 5. The van der Waals surface area contributed by atoms with Crippen molar-refractivity contribution in [1.29, 1.82) is 0 Å². The Kier molecular flexibility index (Phi) is 6.10. The van der Waals surface area contributed by atoms with Gasteiger partial charge in [0.05, 0.1) is 17.8 Å². The summed E-state index contributed by atoms with van der Waals surface area (Å²) in [7, 11) is 0. The van der Waals surface area contributed by atoms with Crippen molar-refractivity contribution >= 4 is 34.8 Å². The van der Waals surface area contributed by atoms with Gasteiger partial charge in [0.1, 0.15) is 0 Å². The number of carbonyl (C=O) groups is 1. The molecule has 0 saturated heterocycles. The van der Waals surface area contributed by atoms with Crippen LogP contribution in [-0.4, -0.2) is 12.5 Å². The number of benzene rings is 2. The van der Waals surface area contributed by atoms with Crippen LogP contribution in [0, 0.1) is 0 Å². The van der Waals surface area contributed by atoms with Gasteiger partial charge >= 0.3 is 6.18 Å². The summed E-state index contributed by atoms with van der Waals surface area (Å²) >= 11 is 11.6. The Labute approximate surface area is 146 Å². The highest BCUT2D eigenvalue weighted by Gasteiger charge is 2.34. The van der Waals surface area contributed by atoms with Crippen molar-refractivity contribution in [3.63, 3.8) is 0 Å². The monoisotopic (exact) mass is 376 g/mol. The van der Waals surface area contributed by atoms with E-state index < -0.39 is 17.6 Å². The summed E-state index contributed by atoms with van der Waals surface area (Å²) < 4.78 is 38.9. The first-order valence-corrected chi connectivity index (χ1v) is 7.63. The van der Waals surface area contributed by atoms with Crippen LogP contribution in [0.15, 0.2) is 42.5 Å². The molecule has 0 fully saturated rings. The van der Waals surface area contributed by atoms with Crippen molar-refractivity contribution in [1.82, 2.24) is 5.32 Å². The fraction of sp³-hybridized carbons (Fsp3) is 0.188. The summed E-state index contributed by atoms with van der Waals surface area (Å²) in [5, 5.41) is 5.55. The van der Waals surface area contributed by atoms with Crippen molar-refractivity contribution in [3.8, 4) is 0 Å². The molecule has 3 nitrogen and oxygen atoms in total. The molecule has 2 aromatic rings. The highest BCUT2D eigenvalue weighted by Crippen LogP contribution is 2.36. The minimum atomic E-state index is -4.61. The number of amides is 1. The molecule has 24 heavy (non-hydrogen) atoms. The fourth-order valence-corrected chi connectivity index (χ4v) is 2.38. The summed E-state index contributed by atoms with van der Waals surface area (Å²) in [5.74, 6) is -0.602. The Morgan fingerprint density at radius 2 is 1.79 bits per heavy atom. The Morgan fingerprint density at radius 1 is 1.08 bits per heavy atom. The summed E-state index contributed by atoms with van der Waals surface area (Å²) in [6.07, 6.45) is -4.61. The van der Waals surface area contributed by atoms with E-state index in [2.05, 4.69) is 10.6 Å². The Bertz CT molecular complexity index is 736. The van der Waals surface area contributed by atoms with Crippen LogP contribution in [0.2, 0.25) is 10.0 Å². The largest absolute Gasteiger partial charge is 0.418 e. The lowest BCUT2D eigenvalue weighted by Gasteiger charge is -2.14. The van der Waals surface area contributed by atoms with Crippen LogP contribution in [0.3, 0.4) is 0 Å². The highest BCUT2D eigenvalue weighted by molar-refractivity contribution is 6.31. The fourth-order valence-electron chi connectivity index (χ4n) is 2.01. The van der Waals surface area contributed by atoms with Gasteiger partial charge in [-0.1, -0.05) is 41.4 Å².